The molecule has 1 fully saturated rings. The van der Waals surface area contributed by atoms with Crippen molar-refractivity contribution in [2.75, 3.05) is 25.2 Å². The SMILES string of the molecule is CCOc1ccc(/C=C/[C@@]23NC(=O)CN2c2ccccc2C3(C)C)cc1OC. The molecule has 0 aliphatic carbocycles. The summed E-state index contributed by atoms with van der Waals surface area (Å²) in [5, 5.41) is 3.24. The van der Waals surface area contributed by atoms with Crippen molar-refractivity contribution in [3.8, 4) is 11.5 Å². The van der Waals surface area contributed by atoms with Gasteiger partial charge in [0.2, 0.25) is 5.91 Å². The van der Waals surface area contributed by atoms with Gasteiger partial charge >= 0.3 is 0 Å². The summed E-state index contributed by atoms with van der Waals surface area (Å²) >= 11 is 0. The quantitative estimate of drug-likeness (QED) is 0.861. The van der Waals surface area contributed by atoms with E-state index in [1.54, 1.807) is 7.11 Å². The van der Waals surface area contributed by atoms with Crippen molar-refractivity contribution < 1.29 is 14.3 Å². The van der Waals surface area contributed by atoms with Crippen molar-refractivity contribution in [1.82, 2.24) is 5.32 Å². The minimum absolute atomic E-state index is 0.0384. The molecule has 2 aromatic carbocycles. The number of fused-ring (bicyclic) bond motifs is 3. The van der Waals surface area contributed by atoms with E-state index in [4.69, 9.17) is 9.47 Å². The van der Waals surface area contributed by atoms with E-state index in [1.807, 2.05) is 37.3 Å². The van der Waals surface area contributed by atoms with Gasteiger partial charge in [-0.15, -0.1) is 0 Å². The summed E-state index contributed by atoms with van der Waals surface area (Å²) in [4.78, 5) is 14.5. The second kappa shape index (κ2) is 6.59. The number of hydrogen-bond acceptors (Lipinski definition) is 4. The van der Waals surface area contributed by atoms with Crippen molar-refractivity contribution in [2.45, 2.75) is 31.8 Å². The van der Waals surface area contributed by atoms with Crippen molar-refractivity contribution in [3.63, 3.8) is 0 Å². The lowest BCUT2D eigenvalue weighted by Gasteiger charge is -2.40. The maximum absolute atomic E-state index is 12.4. The first-order chi connectivity index (χ1) is 13.4. The average molecular weight is 378 g/mol. The van der Waals surface area contributed by atoms with E-state index in [1.165, 1.54) is 5.56 Å². The van der Waals surface area contributed by atoms with Crippen LogP contribution in [0.25, 0.3) is 6.08 Å². The van der Waals surface area contributed by atoms with Crippen LogP contribution >= 0.6 is 0 Å². The third-order valence-electron chi connectivity index (χ3n) is 5.88. The Kier molecular flexibility index (Phi) is 4.33. The number of para-hydroxylation sites is 1. The molecule has 0 saturated carbocycles. The molecule has 2 heterocycles. The average Bonchev–Trinajstić information content (AvgIpc) is 3.12. The molecule has 1 saturated heterocycles. The first-order valence-corrected chi connectivity index (χ1v) is 9.61. The van der Waals surface area contributed by atoms with Crippen LogP contribution in [0.1, 0.15) is 31.9 Å². The molecule has 0 bridgehead atoms. The number of carbonyl (C=O) groups is 1. The number of carbonyl (C=O) groups excluding carboxylic acids is 1. The van der Waals surface area contributed by atoms with Crippen LogP contribution in [0.4, 0.5) is 5.69 Å². The van der Waals surface area contributed by atoms with E-state index in [9.17, 15) is 4.79 Å². The van der Waals surface area contributed by atoms with Crippen LogP contribution in [0.15, 0.2) is 48.5 Å². The largest absolute Gasteiger partial charge is 0.493 e. The summed E-state index contributed by atoms with van der Waals surface area (Å²) in [5.41, 5.74) is 2.47. The van der Waals surface area contributed by atoms with Gasteiger partial charge in [-0.1, -0.05) is 44.2 Å². The number of nitrogens with one attached hydrogen (secondary N) is 1. The molecular formula is C23H26N2O3. The van der Waals surface area contributed by atoms with Gasteiger partial charge in [0.05, 0.1) is 20.3 Å². The Balaban J connectivity index is 1.75. The van der Waals surface area contributed by atoms with Crippen LogP contribution in [0.3, 0.4) is 0 Å². The first-order valence-electron chi connectivity index (χ1n) is 9.61. The third kappa shape index (κ3) is 2.57. The lowest BCUT2D eigenvalue weighted by atomic mass is 9.75. The molecular weight excluding hydrogens is 352 g/mol. The highest BCUT2D eigenvalue weighted by molar-refractivity contribution is 5.91. The highest BCUT2D eigenvalue weighted by Crippen LogP contribution is 2.52. The molecule has 2 aliphatic rings. The fourth-order valence-electron chi connectivity index (χ4n) is 4.42. The Morgan fingerprint density at radius 2 is 1.96 bits per heavy atom. The third-order valence-corrected chi connectivity index (χ3v) is 5.88. The van der Waals surface area contributed by atoms with Gasteiger partial charge in [-0.2, -0.15) is 0 Å². The maximum atomic E-state index is 12.4. The highest BCUT2D eigenvalue weighted by atomic mass is 16.5. The van der Waals surface area contributed by atoms with Gasteiger partial charge in [0.15, 0.2) is 11.5 Å². The van der Waals surface area contributed by atoms with Gasteiger partial charge in [-0.3, -0.25) is 4.79 Å². The topological polar surface area (TPSA) is 50.8 Å². The lowest BCUT2D eigenvalue weighted by Crippen LogP contribution is -2.58. The fraction of sp³-hybridized carbons (Fsp3) is 0.348. The molecule has 1 N–H and O–H groups in total. The monoisotopic (exact) mass is 378 g/mol. The number of hydrogen-bond donors (Lipinski definition) is 1. The minimum Gasteiger partial charge on any atom is -0.493 e. The van der Waals surface area contributed by atoms with Crippen LogP contribution < -0.4 is 19.7 Å². The van der Waals surface area contributed by atoms with Crippen molar-refractivity contribution in [1.29, 1.82) is 0 Å². The number of anilines is 1. The zero-order chi connectivity index (χ0) is 19.9. The Morgan fingerprint density at radius 3 is 2.71 bits per heavy atom. The molecule has 1 atom stereocenters. The van der Waals surface area contributed by atoms with Crippen molar-refractivity contribution in [3.05, 3.63) is 59.7 Å². The summed E-state index contributed by atoms with van der Waals surface area (Å²) in [7, 11) is 1.64. The highest BCUT2D eigenvalue weighted by Gasteiger charge is 2.59. The predicted octanol–water partition coefficient (Wildman–Crippen LogP) is 3.73. The predicted molar refractivity (Wildman–Crippen MR) is 111 cm³/mol. The Labute approximate surface area is 165 Å². The van der Waals surface area contributed by atoms with Crippen molar-refractivity contribution in [2.24, 2.45) is 0 Å². The van der Waals surface area contributed by atoms with Gasteiger partial charge < -0.3 is 19.7 Å². The summed E-state index contributed by atoms with van der Waals surface area (Å²) < 4.78 is 11.1. The van der Waals surface area contributed by atoms with E-state index in [2.05, 4.69) is 48.3 Å². The van der Waals surface area contributed by atoms with E-state index >= 15 is 0 Å². The molecule has 2 aliphatic heterocycles. The molecule has 0 aromatic heterocycles. The van der Waals surface area contributed by atoms with Crippen LogP contribution in [-0.2, 0) is 10.2 Å². The molecule has 0 spiro atoms. The number of ether oxygens (including phenoxy) is 2. The summed E-state index contributed by atoms with van der Waals surface area (Å²) in [5.74, 6) is 1.46. The molecule has 0 radical (unpaired) electrons. The van der Waals surface area contributed by atoms with Crippen LogP contribution in [0.2, 0.25) is 0 Å². The molecule has 1 amide bonds. The van der Waals surface area contributed by atoms with Crippen molar-refractivity contribution >= 4 is 17.7 Å². The number of methoxy groups -OCH3 is 1. The van der Waals surface area contributed by atoms with Gasteiger partial charge in [-0.25, -0.2) is 0 Å². The number of amides is 1. The maximum Gasteiger partial charge on any atom is 0.241 e. The molecule has 0 unspecified atom stereocenters. The molecule has 5 heteroatoms. The summed E-state index contributed by atoms with van der Waals surface area (Å²) in [6.45, 7) is 7.25. The van der Waals surface area contributed by atoms with Crippen LogP contribution in [-0.4, -0.2) is 31.8 Å². The Morgan fingerprint density at radius 1 is 1.18 bits per heavy atom. The normalized spacial score (nSPS) is 22.1. The zero-order valence-corrected chi connectivity index (χ0v) is 16.8. The second-order valence-corrected chi connectivity index (χ2v) is 7.72. The van der Waals surface area contributed by atoms with E-state index in [0.29, 0.717) is 18.9 Å². The number of rotatable bonds is 5. The molecule has 146 valence electrons. The molecule has 28 heavy (non-hydrogen) atoms. The Hall–Kier alpha value is -2.95. The second-order valence-electron chi connectivity index (χ2n) is 7.72. The minimum atomic E-state index is -0.598. The van der Waals surface area contributed by atoms with E-state index in [0.717, 1.165) is 17.0 Å². The molecule has 4 rings (SSSR count). The van der Waals surface area contributed by atoms with Crippen LogP contribution in [0, 0.1) is 0 Å². The van der Waals surface area contributed by atoms with Gasteiger partial charge in [0.1, 0.15) is 5.66 Å². The molecule has 5 nitrogen and oxygen atoms in total. The lowest BCUT2D eigenvalue weighted by molar-refractivity contribution is -0.118. The standard InChI is InChI=1S/C23H26N2O3/c1-5-28-19-11-10-16(14-20(19)27-4)12-13-23-22(2,3)17-8-6-7-9-18(17)25(23)15-21(26)24-23/h6-14H,5,15H2,1-4H3,(H,24,26)/b13-12+/t23-/m1/s1. The zero-order valence-electron chi connectivity index (χ0n) is 16.8. The smallest absolute Gasteiger partial charge is 0.241 e. The summed E-state index contributed by atoms with van der Waals surface area (Å²) in [6, 6.07) is 14.2. The summed E-state index contributed by atoms with van der Waals surface area (Å²) in [6.07, 6.45) is 4.15. The number of benzene rings is 2. The first kappa shape index (κ1) is 18.4. The number of nitrogens with zero attached hydrogens (tertiary/aromatic N) is 1. The fourth-order valence-corrected chi connectivity index (χ4v) is 4.42. The van der Waals surface area contributed by atoms with Gasteiger partial charge in [0.25, 0.3) is 0 Å². The van der Waals surface area contributed by atoms with E-state index < -0.39 is 5.66 Å². The van der Waals surface area contributed by atoms with Gasteiger partial charge in [-0.05, 0) is 42.3 Å². The van der Waals surface area contributed by atoms with Gasteiger partial charge in [0, 0.05) is 11.1 Å². The molecule has 2 aromatic rings. The Bertz CT molecular complexity index is 951. The van der Waals surface area contributed by atoms with Crippen LogP contribution in [0.5, 0.6) is 11.5 Å². The van der Waals surface area contributed by atoms with E-state index in [-0.39, 0.29) is 11.3 Å².